The van der Waals surface area contributed by atoms with Crippen molar-refractivity contribution in [3.63, 3.8) is 0 Å². The first-order chi connectivity index (χ1) is 15.6. The van der Waals surface area contributed by atoms with Crippen molar-refractivity contribution < 1.29 is 22.3 Å². The fraction of sp³-hybridized carbons (Fsp3) is 0.292. The van der Waals surface area contributed by atoms with Gasteiger partial charge in [0.25, 0.3) is 0 Å². The number of nitrogens with one attached hydrogen (secondary N) is 1. The van der Waals surface area contributed by atoms with Crippen LogP contribution in [0.4, 0.5) is 4.39 Å². The van der Waals surface area contributed by atoms with Crippen LogP contribution in [0.2, 0.25) is 0 Å². The molecule has 0 unspecified atom stereocenters. The maximum Gasteiger partial charge on any atom is 0.338 e. The van der Waals surface area contributed by atoms with E-state index in [9.17, 15) is 17.6 Å². The van der Waals surface area contributed by atoms with Crippen LogP contribution in [-0.4, -0.2) is 50.5 Å². The molecule has 0 aliphatic carbocycles. The second-order valence-corrected chi connectivity index (χ2v) is 9.82. The molecular weight excluding hydrogens is 445 g/mol. The Labute approximate surface area is 193 Å². The Balaban J connectivity index is 2.31. The minimum absolute atomic E-state index is 0.0848. The van der Waals surface area contributed by atoms with Gasteiger partial charge in [0, 0.05) is 42.8 Å². The predicted octanol–water partition coefficient (Wildman–Crippen LogP) is 4.18. The molecule has 3 rings (SSSR count). The summed E-state index contributed by atoms with van der Waals surface area (Å²) < 4.78 is 47.9. The molecule has 0 bridgehead atoms. The molecule has 0 fully saturated rings. The molecule has 1 heterocycles. The lowest BCUT2D eigenvalue weighted by molar-refractivity contribution is 0.0526. The van der Waals surface area contributed by atoms with Crippen LogP contribution < -0.4 is 5.73 Å². The molecule has 0 amide bonds. The number of fused-ring (bicyclic) bond motifs is 1. The molecule has 0 atom stereocenters. The minimum Gasteiger partial charge on any atom is -0.462 e. The third kappa shape index (κ3) is 4.85. The average Bonchev–Trinajstić information content (AvgIpc) is 3.04. The highest BCUT2D eigenvalue weighted by Gasteiger charge is 2.22. The van der Waals surface area contributed by atoms with Crippen molar-refractivity contribution in [2.45, 2.75) is 25.3 Å². The van der Waals surface area contributed by atoms with Crippen molar-refractivity contribution >= 4 is 26.9 Å². The molecule has 1 radical (unpaired) electrons. The molecule has 33 heavy (non-hydrogen) atoms. The molecule has 9 heteroatoms. The van der Waals surface area contributed by atoms with Gasteiger partial charge >= 0.3 is 5.97 Å². The van der Waals surface area contributed by atoms with Crippen molar-refractivity contribution in [1.29, 1.82) is 0 Å². The number of halogens is 1. The number of carbonyl (C=O) groups is 1. The van der Waals surface area contributed by atoms with Crippen molar-refractivity contribution in [1.82, 2.24) is 14.6 Å². The number of carbonyl (C=O) groups excluding carboxylic acids is 1. The Hall–Kier alpha value is -3.01. The molecule has 1 N–H and O–H groups in total. The summed E-state index contributed by atoms with van der Waals surface area (Å²) in [6.45, 7) is 3.53. The van der Waals surface area contributed by atoms with Crippen LogP contribution in [0, 0.1) is 6.92 Å². The maximum atomic E-state index is 14.4. The minimum atomic E-state index is -3.69. The standard InChI is InChI=1S/C24H27FN3O4S/c1-5-32-24(29)18-8-6-7-17(13-18)23-16(2)28(15-19(25)11-12-26)22-10-9-20(14-21(22)23)33(30,31)27(3)4/h6-11,13-14,26H,5,12,15H2,1-4H3/b19-11-. The number of aromatic nitrogens is 1. The first-order valence-electron chi connectivity index (χ1n) is 10.4. The van der Waals surface area contributed by atoms with E-state index in [1.807, 2.05) is 13.0 Å². The summed E-state index contributed by atoms with van der Waals surface area (Å²) in [6, 6.07) is 11.6. The van der Waals surface area contributed by atoms with Gasteiger partial charge in [-0.2, -0.15) is 0 Å². The van der Waals surface area contributed by atoms with Crippen LogP contribution in [-0.2, 0) is 21.3 Å². The van der Waals surface area contributed by atoms with E-state index in [4.69, 9.17) is 10.5 Å². The SMILES string of the molecule is CCOC(=O)c1cccc(-c2c(C)n(C/C(F)=C/C[NH])c3ccc(S(=O)(=O)N(C)C)cc23)c1. The zero-order valence-corrected chi connectivity index (χ0v) is 19.9. The van der Waals surface area contributed by atoms with E-state index in [1.165, 1.54) is 26.2 Å². The Kier molecular flexibility index (Phi) is 7.36. The summed E-state index contributed by atoms with van der Waals surface area (Å²) >= 11 is 0. The topological polar surface area (TPSA) is 92.4 Å². The van der Waals surface area contributed by atoms with Gasteiger partial charge in [-0.25, -0.2) is 21.9 Å². The average molecular weight is 473 g/mol. The highest BCUT2D eigenvalue weighted by Crippen LogP contribution is 2.37. The molecule has 175 valence electrons. The van der Waals surface area contributed by atoms with Crippen molar-refractivity contribution in [2.75, 3.05) is 27.2 Å². The number of benzene rings is 2. The lowest BCUT2D eigenvalue weighted by atomic mass is 10.00. The maximum absolute atomic E-state index is 14.4. The third-order valence-corrected chi connectivity index (χ3v) is 7.18. The normalized spacial score (nSPS) is 12.5. The van der Waals surface area contributed by atoms with E-state index in [2.05, 4.69) is 0 Å². The smallest absolute Gasteiger partial charge is 0.338 e. The van der Waals surface area contributed by atoms with E-state index in [-0.39, 0.29) is 24.6 Å². The van der Waals surface area contributed by atoms with Crippen LogP contribution in [0.3, 0.4) is 0 Å². The summed E-state index contributed by atoms with van der Waals surface area (Å²) in [7, 11) is -0.774. The summed E-state index contributed by atoms with van der Waals surface area (Å²) in [5.74, 6) is -0.914. The summed E-state index contributed by atoms with van der Waals surface area (Å²) in [6.07, 6.45) is 1.19. The van der Waals surface area contributed by atoms with Gasteiger partial charge in [0.1, 0.15) is 5.83 Å². The Morgan fingerprint density at radius 3 is 2.58 bits per heavy atom. The zero-order chi connectivity index (χ0) is 24.3. The van der Waals surface area contributed by atoms with Crippen molar-refractivity contribution in [3.8, 4) is 11.1 Å². The lowest BCUT2D eigenvalue weighted by Crippen LogP contribution is -2.22. The quantitative estimate of drug-likeness (QED) is 0.460. The molecular formula is C24H27FN3O4S. The van der Waals surface area contributed by atoms with Crippen LogP contribution in [0.15, 0.2) is 59.3 Å². The molecule has 0 spiro atoms. The zero-order valence-electron chi connectivity index (χ0n) is 19.1. The van der Waals surface area contributed by atoms with Gasteiger partial charge in [-0.3, -0.25) is 5.73 Å². The number of hydrogen-bond acceptors (Lipinski definition) is 4. The highest BCUT2D eigenvalue weighted by atomic mass is 32.2. The van der Waals surface area contributed by atoms with Crippen LogP contribution >= 0.6 is 0 Å². The molecule has 7 nitrogen and oxygen atoms in total. The number of ether oxygens (including phenoxy) is 1. The lowest BCUT2D eigenvalue weighted by Gasteiger charge is -2.12. The van der Waals surface area contributed by atoms with Gasteiger partial charge < -0.3 is 9.30 Å². The summed E-state index contributed by atoms with van der Waals surface area (Å²) in [5.41, 5.74) is 10.4. The Morgan fingerprint density at radius 1 is 1.21 bits per heavy atom. The van der Waals surface area contributed by atoms with Gasteiger partial charge in [0.15, 0.2) is 0 Å². The Bertz CT molecular complexity index is 1330. The molecule has 0 saturated carbocycles. The number of nitrogens with zero attached hydrogens (tertiary/aromatic N) is 2. The van der Waals surface area contributed by atoms with Crippen molar-refractivity contribution in [3.05, 3.63) is 65.6 Å². The van der Waals surface area contributed by atoms with Gasteiger partial charge in [-0.05, 0) is 55.8 Å². The fourth-order valence-corrected chi connectivity index (χ4v) is 4.67. The van der Waals surface area contributed by atoms with Crippen LogP contribution in [0.5, 0.6) is 0 Å². The van der Waals surface area contributed by atoms with E-state index in [0.29, 0.717) is 33.3 Å². The molecule has 2 aromatic carbocycles. The number of allylic oxidation sites excluding steroid dienone is 1. The van der Waals surface area contributed by atoms with Crippen molar-refractivity contribution in [2.24, 2.45) is 0 Å². The van der Waals surface area contributed by atoms with Gasteiger partial charge in [-0.1, -0.05) is 12.1 Å². The summed E-state index contributed by atoms with van der Waals surface area (Å²) in [4.78, 5) is 12.4. The van der Waals surface area contributed by atoms with Gasteiger partial charge in [0.05, 0.1) is 23.6 Å². The molecule has 0 aliphatic heterocycles. The van der Waals surface area contributed by atoms with Gasteiger partial charge in [0.2, 0.25) is 10.0 Å². The number of sulfonamides is 1. The van der Waals surface area contributed by atoms with E-state index < -0.39 is 21.8 Å². The Morgan fingerprint density at radius 2 is 1.94 bits per heavy atom. The summed E-state index contributed by atoms with van der Waals surface area (Å²) in [5, 5.41) is 0.620. The highest BCUT2D eigenvalue weighted by molar-refractivity contribution is 7.89. The van der Waals surface area contributed by atoms with E-state index >= 15 is 0 Å². The van der Waals surface area contributed by atoms with E-state index in [1.54, 1.807) is 41.8 Å². The largest absolute Gasteiger partial charge is 0.462 e. The molecule has 0 aliphatic rings. The molecule has 0 saturated heterocycles. The second-order valence-electron chi connectivity index (χ2n) is 7.67. The number of rotatable bonds is 8. The predicted molar refractivity (Wildman–Crippen MR) is 126 cm³/mol. The number of esters is 1. The molecule has 1 aromatic heterocycles. The van der Waals surface area contributed by atoms with Crippen LogP contribution in [0.25, 0.3) is 22.0 Å². The number of hydrogen-bond donors (Lipinski definition) is 0. The first kappa shape index (κ1) is 24.6. The van der Waals surface area contributed by atoms with Crippen LogP contribution in [0.1, 0.15) is 23.0 Å². The molecule has 3 aromatic rings. The monoisotopic (exact) mass is 472 g/mol. The van der Waals surface area contributed by atoms with Gasteiger partial charge in [-0.15, -0.1) is 0 Å². The fourth-order valence-electron chi connectivity index (χ4n) is 3.74. The van der Waals surface area contributed by atoms with E-state index in [0.717, 1.165) is 4.31 Å². The second kappa shape index (κ2) is 9.86. The first-order valence-corrected chi connectivity index (χ1v) is 11.9. The third-order valence-electron chi connectivity index (χ3n) is 5.37.